The first-order valence-electron chi connectivity index (χ1n) is 8.98. The van der Waals surface area contributed by atoms with Gasteiger partial charge in [-0.3, -0.25) is 4.79 Å². The third-order valence-corrected chi connectivity index (χ3v) is 6.34. The van der Waals surface area contributed by atoms with Gasteiger partial charge in [-0.15, -0.1) is 0 Å². The van der Waals surface area contributed by atoms with E-state index < -0.39 is 0 Å². The Hall–Kier alpha value is -1.82. The van der Waals surface area contributed by atoms with Crippen LogP contribution < -0.4 is 11.1 Å². The Morgan fingerprint density at radius 3 is 2.88 bits per heavy atom. The van der Waals surface area contributed by atoms with Gasteiger partial charge in [0.2, 0.25) is 0 Å². The largest absolute Gasteiger partial charge is 0.383 e. The second kappa shape index (κ2) is 5.34. The van der Waals surface area contributed by atoms with Gasteiger partial charge in [-0.2, -0.15) is 5.10 Å². The molecule has 5 rings (SSSR count). The highest BCUT2D eigenvalue weighted by Crippen LogP contribution is 2.38. The number of hydrogen-bond acceptors (Lipinski definition) is 3. The average molecular weight is 401 g/mol. The zero-order valence-corrected chi connectivity index (χ0v) is 15.6. The SMILES string of the molecule is Nc1c2c(nn1CCC1CC1)CC1(Cc3ccc(Br)cc3C1)NC2=O. The summed E-state index contributed by atoms with van der Waals surface area (Å²) in [5.41, 5.74) is 10.1. The molecule has 25 heavy (non-hydrogen) atoms. The second-order valence-corrected chi connectivity index (χ2v) is 8.76. The van der Waals surface area contributed by atoms with Crippen molar-refractivity contribution >= 4 is 27.7 Å². The summed E-state index contributed by atoms with van der Waals surface area (Å²) in [6.07, 6.45) is 6.20. The molecule has 1 amide bonds. The number of halogens is 1. The Morgan fingerprint density at radius 2 is 2.08 bits per heavy atom. The molecule has 1 spiro atoms. The molecule has 3 N–H and O–H groups in total. The molecular weight excluding hydrogens is 380 g/mol. The van der Waals surface area contributed by atoms with Gasteiger partial charge in [-0.1, -0.05) is 34.8 Å². The quantitative estimate of drug-likeness (QED) is 0.831. The lowest BCUT2D eigenvalue weighted by atomic mass is 9.85. The van der Waals surface area contributed by atoms with Crippen molar-refractivity contribution in [1.29, 1.82) is 0 Å². The summed E-state index contributed by atoms with van der Waals surface area (Å²) in [6, 6.07) is 6.38. The summed E-state index contributed by atoms with van der Waals surface area (Å²) in [5, 5.41) is 7.98. The van der Waals surface area contributed by atoms with Crippen LogP contribution in [0.15, 0.2) is 22.7 Å². The van der Waals surface area contributed by atoms with E-state index >= 15 is 0 Å². The standard InChI is InChI=1S/C19H21BrN4O/c20-14-4-3-12-8-19(9-13(12)7-14)10-15-16(18(25)22-19)17(21)24(23-15)6-5-11-1-2-11/h3-4,7,11H,1-2,5-6,8-10,21H2,(H,22,25). The maximum Gasteiger partial charge on any atom is 0.257 e. The van der Waals surface area contributed by atoms with Crippen LogP contribution in [-0.2, 0) is 25.8 Å². The van der Waals surface area contributed by atoms with Gasteiger partial charge in [0, 0.05) is 17.4 Å². The van der Waals surface area contributed by atoms with Crippen LogP contribution in [0.2, 0.25) is 0 Å². The molecule has 1 atom stereocenters. The molecule has 2 aliphatic carbocycles. The summed E-state index contributed by atoms with van der Waals surface area (Å²) in [6.45, 7) is 0.816. The van der Waals surface area contributed by atoms with Crippen molar-refractivity contribution in [2.75, 3.05) is 5.73 Å². The molecule has 2 heterocycles. The molecule has 1 aliphatic heterocycles. The van der Waals surface area contributed by atoms with Crippen LogP contribution in [0.4, 0.5) is 5.82 Å². The zero-order chi connectivity index (χ0) is 17.2. The van der Waals surface area contributed by atoms with Crippen LogP contribution in [0.3, 0.4) is 0 Å². The van der Waals surface area contributed by atoms with Crippen molar-refractivity contribution in [1.82, 2.24) is 15.1 Å². The number of nitrogens with zero attached hydrogens (tertiary/aromatic N) is 2. The molecule has 1 saturated carbocycles. The van der Waals surface area contributed by atoms with E-state index in [-0.39, 0.29) is 11.4 Å². The Kier molecular flexibility index (Phi) is 3.29. The molecule has 5 nitrogen and oxygen atoms in total. The minimum atomic E-state index is -0.255. The van der Waals surface area contributed by atoms with Crippen LogP contribution in [0.25, 0.3) is 0 Å². The van der Waals surface area contributed by atoms with Crippen molar-refractivity contribution < 1.29 is 4.79 Å². The van der Waals surface area contributed by atoms with Crippen LogP contribution in [0, 0.1) is 5.92 Å². The van der Waals surface area contributed by atoms with Crippen molar-refractivity contribution in [3.05, 3.63) is 45.1 Å². The van der Waals surface area contributed by atoms with Gasteiger partial charge in [-0.25, -0.2) is 4.68 Å². The lowest BCUT2D eigenvalue weighted by Crippen LogP contribution is -2.54. The lowest BCUT2D eigenvalue weighted by Gasteiger charge is -2.33. The van der Waals surface area contributed by atoms with Gasteiger partial charge >= 0.3 is 0 Å². The first-order chi connectivity index (χ1) is 12.0. The van der Waals surface area contributed by atoms with E-state index in [0.29, 0.717) is 11.4 Å². The van der Waals surface area contributed by atoms with Gasteiger partial charge in [0.15, 0.2) is 0 Å². The number of carbonyl (C=O) groups is 1. The number of carbonyl (C=O) groups excluding carboxylic acids is 1. The summed E-state index contributed by atoms with van der Waals surface area (Å²) < 4.78 is 2.93. The molecule has 1 unspecified atom stereocenters. The number of fused-ring (bicyclic) bond motifs is 2. The smallest absolute Gasteiger partial charge is 0.257 e. The predicted molar refractivity (Wildman–Crippen MR) is 99.4 cm³/mol. The van der Waals surface area contributed by atoms with Gasteiger partial charge in [0.1, 0.15) is 11.4 Å². The Balaban J connectivity index is 1.45. The summed E-state index contributed by atoms with van der Waals surface area (Å²) in [4.78, 5) is 12.8. The molecule has 1 fully saturated rings. The van der Waals surface area contributed by atoms with Crippen molar-refractivity contribution in [3.63, 3.8) is 0 Å². The van der Waals surface area contributed by atoms with Crippen molar-refractivity contribution in [2.24, 2.45) is 5.92 Å². The monoisotopic (exact) mass is 400 g/mol. The Bertz CT molecular complexity index is 886. The molecule has 0 saturated heterocycles. The lowest BCUT2D eigenvalue weighted by molar-refractivity contribution is 0.0883. The maximum atomic E-state index is 12.8. The van der Waals surface area contributed by atoms with E-state index in [1.54, 1.807) is 0 Å². The Labute approximate surface area is 155 Å². The number of rotatable bonds is 3. The van der Waals surface area contributed by atoms with E-state index in [0.717, 1.165) is 48.3 Å². The van der Waals surface area contributed by atoms with Gasteiger partial charge in [-0.05, 0) is 48.4 Å². The van der Waals surface area contributed by atoms with E-state index in [2.05, 4.69) is 39.4 Å². The molecular formula is C19H21BrN4O. The fourth-order valence-corrected chi connectivity index (χ4v) is 4.79. The maximum absolute atomic E-state index is 12.8. The molecule has 0 bridgehead atoms. The molecule has 130 valence electrons. The van der Waals surface area contributed by atoms with Gasteiger partial charge in [0.25, 0.3) is 5.91 Å². The summed E-state index contributed by atoms with van der Waals surface area (Å²) in [7, 11) is 0. The number of anilines is 1. The van der Waals surface area contributed by atoms with Crippen molar-refractivity contribution in [3.8, 4) is 0 Å². The molecule has 6 heteroatoms. The third-order valence-electron chi connectivity index (χ3n) is 5.85. The van der Waals surface area contributed by atoms with E-state index in [1.165, 1.54) is 24.0 Å². The number of aromatic nitrogens is 2. The first kappa shape index (κ1) is 15.4. The number of hydrogen-bond donors (Lipinski definition) is 2. The normalized spacial score (nSPS) is 24.3. The van der Waals surface area contributed by atoms with E-state index in [4.69, 9.17) is 10.8 Å². The minimum Gasteiger partial charge on any atom is -0.383 e. The highest BCUT2D eigenvalue weighted by molar-refractivity contribution is 9.10. The number of benzene rings is 1. The van der Waals surface area contributed by atoms with E-state index in [1.807, 2.05) is 4.68 Å². The highest BCUT2D eigenvalue weighted by atomic mass is 79.9. The number of nitrogens with two attached hydrogens (primary N) is 1. The third kappa shape index (κ3) is 2.58. The molecule has 1 aromatic carbocycles. The fourth-order valence-electron chi connectivity index (χ4n) is 4.38. The number of nitrogens with one attached hydrogen (secondary N) is 1. The topological polar surface area (TPSA) is 72.9 Å². The second-order valence-electron chi connectivity index (χ2n) is 7.84. The summed E-state index contributed by atoms with van der Waals surface area (Å²) in [5.74, 6) is 1.29. The predicted octanol–water partition coefficient (Wildman–Crippen LogP) is 2.85. The minimum absolute atomic E-state index is 0.0664. The molecule has 3 aliphatic rings. The van der Waals surface area contributed by atoms with Crippen LogP contribution in [-0.4, -0.2) is 21.2 Å². The van der Waals surface area contributed by atoms with Gasteiger partial charge in [0.05, 0.1) is 11.2 Å². The molecule has 1 aromatic heterocycles. The number of nitrogen functional groups attached to an aromatic ring is 1. The number of amides is 1. The van der Waals surface area contributed by atoms with Crippen LogP contribution in [0.1, 0.15) is 46.4 Å². The van der Waals surface area contributed by atoms with Crippen LogP contribution >= 0.6 is 15.9 Å². The van der Waals surface area contributed by atoms with Gasteiger partial charge < -0.3 is 11.1 Å². The molecule has 0 radical (unpaired) electrons. The summed E-state index contributed by atoms with van der Waals surface area (Å²) >= 11 is 3.54. The first-order valence-corrected chi connectivity index (χ1v) is 9.77. The average Bonchev–Trinajstić information content (AvgIpc) is 3.24. The Morgan fingerprint density at radius 1 is 1.28 bits per heavy atom. The van der Waals surface area contributed by atoms with Crippen molar-refractivity contribution in [2.45, 2.75) is 50.6 Å². The zero-order valence-electron chi connectivity index (χ0n) is 14.0. The highest BCUT2D eigenvalue weighted by Gasteiger charge is 2.45. The van der Waals surface area contributed by atoms with E-state index in [9.17, 15) is 4.79 Å². The number of aryl methyl sites for hydroxylation is 1. The molecule has 2 aromatic rings. The fraction of sp³-hybridized carbons (Fsp3) is 0.474. The van der Waals surface area contributed by atoms with Crippen LogP contribution in [0.5, 0.6) is 0 Å².